The number of benzene rings is 1. The van der Waals surface area contributed by atoms with Crippen LogP contribution in [0.1, 0.15) is 5.56 Å². The van der Waals surface area contributed by atoms with Crippen LogP contribution in [0, 0.1) is 5.82 Å². The summed E-state index contributed by atoms with van der Waals surface area (Å²) in [6.07, 6.45) is -0.599. The Bertz CT molecular complexity index is 350. The van der Waals surface area contributed by atoms with Gasteiger partial charge in [-0.2, -0.15) is 8.78 Å². The van der Waals surface area contributed by atoms with Crippen LogP contribution in [0.5, 0.6) is 5.75 Å². The van der Waals surface area contributed by atoms with Crippen LogP contribution < -0.4 is 4.74 Å². The molecule has 0 aliphatic heterocycles. The molecule has 0 aliphatic carbocycles. The van der Waals surface area contributed by atoms with Crippen LogP contribution in [0.3, 0.4) is 0 Å². The molecule has 0 spiro atoms. The van der Waals surface area contributed by atoms with E-state index < -0.39 is 23.6 Å². The molecule has 0 saturated heterocycles. The van der Waals surface area contributed by atoms with E-state index >= 15 is 0 Å². The number of ether oxygens (including phenoxy) is 1. The van der Waals surface area contributed by atoms with E-state index in [2.05, 4.69) is 4.74 Å². The number of carbonyl (C=O) groups excluding carboxylic acids is 1. The Morgan fingerprint density at radius 3 is 2.50 bits per heavy atom. The lowest BCUT2D eigenvalue weighted by molar-refractivity contribution is -0.130. The van der Waals surface area contributed by atoms with Gasteiger partial charge in [-0.15, -0.1) is 0 Å². The third-order valence-electron chi connectivity index (χ3n) is 1.68. The smallest absolute Gasteiger partial charge is 0.330 e. The summed E-state index contributed by atoms with van der Waals surface area (Å²) >= 11 is 0. The molecule has 0 bridgehead atoms. The van der Waals surface area contributed by atoms with Crippen molar-refractivity contribution < 1.29 is 22.7 Å². The fourth-order valence-electron chi connectivity index (χ4n) is 0.957. The number of hydrogen-bond donors (Lipinski definition) is 0. The molecule has 0 unspecified atom stereocenters. The molecule has 0 N–H and O–H groups in total. The summed E-state index contributed by atoms with van der Waals surface area (Å²) in [6, 6.07) is 2.78. The predicted octanol–water partition coefficient (Wildman–Crippen LogP) is 2.12. The Hall–Kier alpha value is -1.52. The Labute approximate surface area is 78.3 Å². The standard InChI is InChI=1S/C9H7F3O2/c1-14-6-2-3-7(8(10)4-6)9(11,12)5-13/h2-5H,1H3. The van der Waals surface area contributed by atoms with E-state index in [1.54, 1.807) is 0 Å². The van der Waals surface area contributed by atoms with Crippen molar-refractivity contribution in [3.63, 3.8) is 0 Å². The van der Waals surface area contributed by atoms with Gasteiger partial charge in [0.15, 0.2) is 6.29 Å². The molecule has 0 aliphatic rings. The number of carbonyl (C=O) groups is 1. The highest BCUT2D eigenvalue weighted by molar-refractivity contribution is 5.63. The van der Waals surface area contributed by atoms with Crippen molar-refractivity contribution in [2.24, 2.45) is 0 Å². The minimum atomic E-state index is -3.80. The molecule has 14 heavy (non-hydrogen) atoms. The molecule has 1 rings (SSSR count). The molecule has 5 heteroatoms. The number of aldehydes is 1. The van der Waals surface area contributed by atoms with E-state index in [1.165, 1.54) is 7.11 Å². The van der Waals surface area contributed by atoms with Crippen molar-refractivity contribution in [1.29, 1.82) is 0 Å². The molecule has 1 aromatic carbocycles. The molecule has 2 nitrogen and oxygen atoms in total. The molecule has 0 fully saturated rings. The molecule has 0 amide bonds. The number of hydrogen-bond acceptors (Lipinski definition) is 2. The Balaban J connectivity index is 3.18. The van der Waals surface area contributed by atoms with Crippen LogP contribution in [0.4, 0.5) is 13.2 Å². The van der Waals surface area contributed by atoms with Crippen LogP contribution in [-0.4, -0.2) is 13.4 Å². The molecule has 0 aromatic heterocycles. The van der Waals surface area contributed by atoms with Gasteiger partial charge < -0.3 is 4.74 Å². The van der Waals surface area contributed by atoms with Crippen LogP contribution in [0.25, 0.3) is 0 Å². The minimum absolute atomic E-state index is 0.118. The molecular weight excluding hydrogens is 197 g/mol. The predicted molar refractivity (Wildman–Crippen MR) is 42.9 cm³/mol. The lowest BCUT2D eigenvalue weighted by atomic mass is 10.1. The van der Waals surface area contributed by atoms with E-state index in [0.717, 1.165) is 18.2 Å². The van der Waals surface area contributed by atoms with Gasteiger partial charge in [-0.1, -0.05) is 0 Å². The van der Waals surface area contributed by atoms with Gasteiger partial charge in [0.2, 0.25) is 0 Å². The fraction of sp³-hybridized carbons (Fsp3) is 0.222. The fourth-order valence-corrected chi connectivity index (χ4v) is 0.957. The summed E-state index contributed by atoms with van der Waals surface area (Å²) in [5.74, 6) is -4.84. The maximum Gasteiger partial charge on any atom is 0.330 e. The van der Waals surface area contributed by atoms with Crippen molar-refractivity contribution in [2.75, 3.05) is 7.11 Å². The first-order valence-corrected chi connectivity index (χ1v) is 3.69. The summed E-state index contributed by atoms with van der Waals surface area (Å²) in [6.45, 7) is 0. The summed E-state index contributed by atoms with van der Waals surface area (Å²) in [5, 5.41) is 0. The van der Waals surface area contributed by atoms with Gasteiger partial charge in [-0.25, -0.2) is 4.39 Å². The van der Waals surface area contributed by atoms with Gasteiger partial charge in [0.05, 0.1) is 12.7 Å². The normalized spacial score (nSPS) is 11.1. The average molecular weight is 204 g/mol. The quantitative estimate of drug-likeness (QED) is 0.705. The van der Waals surface area contributed by atoms with E-state index in [9.17, 15) is 18.0 Å². The van der Waals surface area contributed by atoms with Crippen molar-refractivity contribution >= 4 is 6.29 Å². The summed E-state index contributed by atoms with van der Waals surface area (Å²) in [5.41, 5.74) is -0.951. The van der Waals surface area contributed by atoms with E-state index in [-0.39, 0.29) is 5.75 Å². The first kappa shape index (κ1) is 10.6. The Morgan fingerprint density at radius 2 is 2.07 bits per heavy atom. The van der Waals surface area contributed by atoms with Crippen LogP contribution >= 0.6 is 0 Å². The number of halogens is 3. The Kier molecular flexibility index (Phi) is 2.78. The number of rotatable bonds is 3. The maximum atomic E-state index is 13.0. The number of alkyl halides is 2. The van der Waals surface area contributed by atoms with Gasteiger partial charge in [0.1, 0.15) is 11.6 Å². The van der Waals surface area contributed by atoms with Gasteiger partial charge >= 0.3 is 5.92 Å². The first-order valence-electron chi connectivity index (χ1n) is 3.69. The zero-order chi connectivity index (χ0) is 10.8. The van der Waals surface area contributed by atoms with Crippen LogP contribution in [0.2, 0.25) is 0 Å². The van der Waals surface area contributed by atoms with E-state index in [0.29, 0.717) is 0 Å². The summed E-state index contributed by atoms with van der Waals surface area (Å²) in [7, 11) is 1.28. The molecule has 0 saturated carbocycles. The highest BCUT2D eigenvalue weighted by Gasteiger charge is 2.34. The van der Waals surface area contributed by atoms with Crippen molar-refractivity contribution in [1.82, 2.24) is 0 Å². The third kappa shape index (κ3) is 1.86. The van der Waals surface area contributed by atoms with Crippen LogP contribution in [0.15, 0.2) is 18.2 Å². The second-order valence-electron chi connectivity index (χ2n) is 2.59. The monoisotopic (exact) mass is 204 g/mol. The van der Waals surface area contributed by atoms with Crippen molar-refractivity contribution in [3.8, 4) is 5.75 Å². The van der Waals surface area contributed by atoms with Gasteiger partial charge in [-0.05, 0) is 12.1 Å². The summed E-state index contributed by atoms with van der Waals surface area (Å²) < 4.78 is 43.1. The lowest BCUT2D eigenvalue weighted by Gasteiger charge is -2.10. The zero-order valence-electron chi connectivity index (χ0n) is 7.26. The van der Waals surface area contributed by atoms with Crippen LogP contribution in [-0.2, 0) is 10.7 Å². The highest BCUT2D eigenvalue weighted by atomic mass is 19.3. The van der Waals surface area contributed by atoms with Gasteiger partial charge in [-0.3, -0.25) is 4.79 Å². The first-order chi connectivity index (χ1) is 6.51. The number of methoxy groups -OCH3 is 1. The van der Waals surface area contributed by atoms with E-state index in [4.69, 9.17) is 0 Å². The SMILES string of the molecule is COc1ccc(C(F)(F)C=O)c(F)c1. The molecule has 1 aromatic rings. The van der Waals surface area contributed by atoms with Crippen molar-refractivity contribution in [2.45, 2.75) is 5.92 Å². The molecule has 0 radical (unpaired) electrons. The molecular formula is C9H7F3O2. The Morgan fingerprint density at radius 1 is 1.43 bits per heavy atom. The average Bonchev–Trinajstić information content (AvgIpc) is 2.17. The lowest BCUT2D eigenvalue weighted by Crippen LogP contribution is -2.16. The second-order valence-corrected chi connectivity index (χ2v) is 2.59. The minimum Gasteiger partial charge on any atom is -0.497 e. The van der Waals surface area contributed by atoms with Gasteiger partial charge in [0, 0.05) is 6.07 Å². The van der Waals surface area contributed by atoms with Gasteiger partial charge in [0.25, 0.3) is 0 Å². The topological polar surface area (TPSA) is 26.3 Å². The summed E-state index contributed by atoms with van der Waals surface area (Å²) in [4.78, 5) is 9.99. The van der Waals surface area contributed by atoms with E-state index in [1.807, 2.05) is 0 Å². The largest absolute Gasteiger partial charge is 0.497 e. The maximum absolute atomic E-state index is 13.0. The molecule has 0 atom stereocenters. The highest BCUT2D eigenvalue weighted by Crippen LogP contribution is 2.29. The zero-order valence-corrected chi connectivity index (χ0v) is 7.26. The molecule has 0 heterocycles. The molecule has 76 valence electrons. The van der Waals surface area contributed by atoms with Crippen molar-refractivity contribution in [3.05, 3.63) is 29.6 Å². The third-order valence-corrected chi connectivity index (χ3v) is 1.68. The second kappa shape index (κ2) is 3.69.